The number of anilines is 1. The molecule has 0 spiro atoms. The highest BCUT2D eigenvalue weighted by molar-refractivity contribution is 7.15. The molecule has 0 atom stereocenters. The zero-order valence-corrected chi connectivity index (χ0v) is 15.1. The Bertz CT molecular complexity index is 760. The second-order valence-electron chi connectivity index (χ2n) is 5.68. The van der Waals surface area contributed by atoms with Gasteiger partial charge in [0.25, 0.3) is 11.8 Å². The minimum atomic E-state index is -0.420. The van der Waals surface area contributed by atoms with Gasteiger partial charge in [0.05, 0.1) is 0 Å². The van der Waals surface area contributed by atoms with E-state index in [4.69, 9.17) is 11.6 Å². The third-order valence-electron chi connectivity index (χ3n) is 3.81. The van der Waals surface area contributed by atoms with Crippen LogP contribution >= 0.6 is 22.9 Å². The lowest BCUT2D eigenvalue weighted by Gasteiger charge is -2.13. The zero-order valence-electron chi connectivity index (χ0n) is 13.5. The molecule has 0 saturated carbocycles. The van der Waals surface area contributed by atoms with E-state index in [0.717, 1.165) is 31.0 Å². The van der Waals surface area contributed by atoms with Crippen LogP contribution in [-0.4, -0.2) is 53.1 Å². The van der Waals surface area contributed by atoms with Gasteiger partial charge in [-0.25, -0.2) is 0 Å². The first-order valence-corrected chi connectivity index (χ1v) is 9.22. The molecule has 2 N–H and O–H groups in total. The van der Waals surface area contributed by atoms with E-state index in [2.05, 4.69) is 25.7 Å². The maximum atomic E-state index is 12.2. The number of aromatic nitrogens is 2. The van der Waals surface area contributed by atoms with Crippen LogP contribution in [-0.2, 0) is 0 Å². The molecule has 1 saturated heterocycles. The second-order valence-corrected chi connectivity index (χ2v) is 7.10. The van der Waals surface area contributed by atoms with E-state index in [1.165, 1.54) is 12.8 Å². The average molecular weight is 380 g/mol. The normalized spacial score (nSPS) is 14.4. The Morgan fingerprint density at radius 3 is 2.60 bits per heavy atom. The van der Waals surface area contributed by atoms with Crippen LogP contribution in [0.3, 0.4) is 0 Å². The van der Waals surface area contributed by atoms with Crippen molar-refractivity contribution in [3.8, 4) is 0 Å². The quantitative estimate of drug-likeness (QED) is 0.803. The Kier molecular flexibility index (Phi) is 5.95. The molecule has 0 bridgehead atoms. The molecular formula is C16H18ClN5O2S. The lowest BCUT2D eigenvalue weighted by molar-refractivity contribution is 0.0947. The topological polar surface area (TPSA) is 87.2 Å². The second kappa shape index (κ2) is 8.37. The van der Waals surface area contributed by atoms with Crippen LogP contribution in [0.5, 0.6) is 0 Å². The maximum Gasteiger partial charge on any atom is 0.286 e. The number of hydrogen-bond donors (Lipinski definition) is 2. The largest absolute Gasteiger partial charge is 0.349 e. The minimum absolute atomic E-state index is 0.129. The van der Waals surface area contributed by atoms with Gasteiger partial charge in [-0.2, -0.15) is 0 Å². The fraction of sp³-hybridized carbons (Fsp3) is 0.375. The van der Waals surface area contributed by atoms with Crippen molar-refractivity contribution in [3.05, 3.63) is 39.3 Å². The molecule has 1 aromatic heterocycles. The van der Waals surface area contributed by atoms with E-state index in [0.29, 0.717) is 17.3 Å². The Balaban J connectivity index is 1.52. The van der Waals surface area contributed by atoms with Crippen LogP contribution in [0, 0.1) is 0 Å². The van der Waals surface area contributed by atoms with Gasteiger partial charge in [-0.15, -0.1) is 10.2 Å². The van der Waals surface area contributed by atoms with Crippen molar-refractivity contribution in [2.45, 2.75) is 12.8 Å². The Labute approximate surface area is 154 Å². The van der Waals surface area contributed by atoms with Gasteiger partial charge in [0.2, 0.25) is 10.0 Å². The fourth-order valence-electron chi connectivity index (χ4n) is 2.57. The van der Waals surface area contributed by atoms with E-state index in [1.54, 1.807) is 24.3 Å². The van der Waals surface area contributed by atoms with Gasteiger partial charge in [0.15, 0.2) is 0 Å². The minimum Gasteiger partial charge on any atom is -0.349 e. The smallest absolute Gasteiger partial charge is 0.286 e. The molecule has 0 unspecified atom stereocenters. The summed E-state index contributed by atoms with van der Waals surface area (Å²) in [5.41, 5.74) is 0.560. The average Bonchev–Trinajstić information content (AvgIpc) is 3.26. The summed E-state index contributed by atoms with van der Waals surface area (Å²) in [6.07, 6.45) is 2.44. The molecular weight excluding hydrogens is 362 g/mol. The van der Waals surface area contributed by atoms with Gasteiger partial charge < -0.3 is 15.5 Å². The zero-order chi connectivity index (χ0) is 17.6. The molecule has 25 heavy (non-hydrogen) atoms. The highest BCUT2D eigenvalue weighted by Gasteiger charge is 2.18. The van der Waals surface area contributed by atoms with Crippen molar-refractivity contribution in [1.82, 2.24) is 20.4 Å². The molecule has 132 valence electrons. The van der Waals surface area contributed by atoms with Crippen molar-refractivity contribution < 1.29 is 9.59 Å². The first-order valence-electron chi connectivity index (χ1n) is 8.03. The number of carbonyl (C=O) groups is 2. The van der Waals surface area contributed by atoms with Crippen molar-refractivity contribution >= 4 is 40.4 Å². The summed E-state index contributed by atoms with van der Waals surface area (Å²) in [4.78, 5) is 26.6. The highest BCUT2D eigenvalue weighted by atomic mass is 35.5. The Morgan fingerprint density at radius 1 is 1.16 bits per heavy atom. The lowest BCUT2D eigenvalue weighted by Crippen LogP contribution is -2.33. The maximum absolute atomic E-state index is 12.2. The number of benzene rings is 1. The summed E-state index contributed by atoms with van der Waals surface area (Å²) < 4.78 is 0. The van der Waals surface area contributed by atoms with Crippen LogP contribution in [0.25, 0.3) is 0 Å². The standard InChI is InChI=1S/C16H18ClN5O2S/c17-11-4-3-5-12(10-11)19-14(24)16-21-20-15(25-16)13(23)18-6-9-22-7-1-2-8-22/h3-5,10H,1-2,6-9H2,(H,18,23)(H,19,24). The van der Waals surface area contributed by atoms with Crippen molar-refractivity contribution in [2.75, 3.05) is 31.5 Å². The van der Waals surface area contributed by atoms with Gasteiger partial charge in [-0.05, 0) is 44.1 Å². The molecule has 9 heteroatoms. The summed E-state index contributed by atoms with van der Waals surface area (Å²) in [5.74, 6) is -0.727. The number of nitrogens with one attached hydrogen (secondary N) is 2. The molecule has 3 rings (SSSR count). The number of rotatable bonds is 6. The Morgan fingerprint density at radius 2 is 1.88 bits per heavy atom. The van der Waals surface area contributed by atoms with E-state index in [9.17, 15) is 9.59 Å². The van der Waals surface area contributed by atoms with E-state index in [-0.39, 0.29) is 15.9 Å². The number of halogens is 1. The fourth-order valence-corrected chi connectivity index (χ4v) is 3.41. The molecule has 1 aliphatic rings. The van der Waals surface area contributed by atoms with Crippen LogP contribution in [0.4, 0.5) is 5.69 Å². The molecule has 2 amide bonds. The van der Waals surface area contributed by atoms with E-state index < -0.39 is 5.91 Å². The SMILES string of the molecule is O=C(NCCN1CCCC1)c1nnc(C(=O)Nc2cccc(Cl)c2)s1. The molecule has 7 nitrogen and oxygen atoms in total. The third kappa shape index (κ3) is 4.97. The summed E-state index contributed by atoms with van der Waals surface area (Å²) >= 11 is 6.84. The molecule has 1 aromatic carbocycles. The summed E-state index contributed by atoms with van der Waals surface area (Å²) in [6, 6.07) is 6.80. The molecule has 0 aliphatic carbocycles. The van der Waals surface area contributed by atoms with Gasteiger partial charge >= 0.3 is 0 Å². The summed E-state index contributed by atoms with van der Waals surface area (Å²) in [7, 11) is 0. The van der Waals surface area contributed by atoms with Crippen molar-refractivity contribution in [3.63, 3.8) is 0 Å². The van der Waals surface area contributed by atoms with Gasteiger partial charge in [0.1, 0.15) is 0 Å². The number of nitrogens with zero attached hydrogens (tertiary/aromatic N) is 3. The lowest BCUT2D eigenvalue weighted by atomic mass is 10.3. The first kappa shape index (κ1) is 17.8. The predicted octanol–water partition coefficient (Wildman–Crippen LogP) is 2.27. The van der Waals surface area contributed by atoms with Crippen LogP contribution in [0.1, 0.15) is 32.4 Å². The van der Waals surface area contributed by atoms with Gasteiger partial charge in [-0.3, -0.25) is 9.59 Å². The number of likely N-dealkylation sites (tertiary alicyclic amines) is 1. The number of carbonyl (C=O) groups excluding carboxylic acids is 2. The summed E-state index contributed by atoms with van der Waals surface area (Å²) in [5, 5.41) is 13.9. The molecule has 2 heterocycles. The van der Waals surface area contributed by atoms with Crippen LogP contribution in [0.2, 0.25) is 5.02 Å². The first-order chi connectivity index (χ1) is 12.1. The molecule has 1 fully saturated rings. The van der Waals surface area contributed by atoms with E-state index >= 15 is 0 Å². The van der Waals surface area contributed by atoms with Crippen LogP contribution < -0.4 is 10.6 Å². The molecule has 1 aliphatic heterocycles. The molecule has 0 radical (unpaired) electrons. The highest BCUT2D eigenvalue weighted by Crippen LogP contribution is 2.17. The van der Waals surface area contributed by atoms with E-state index in [1.807, 2.05) is 0 Å². The predicted molar refractivity (Wildman–Crippen MR) is 97.3 cm³/mol. The van der Waals surface area contributed by atoms with Gasteiger partial charge in [-0.1, -0.05) is 29.0 Å². The number of amides is 2. The monoisotopic (exact) mass is 379 g/mol. The van der Waals surface area contributed by atoms with Crippen LogP contribution in [0.15, 0.2) is 24.3 Å². The molecule has 2 aromatic rings. The van der Waals surface area contributed by atoms with Crippen molar-refractivity contribution in [2.24, 2.45) is 0 Å². The number of hydrogen-bond acceptors (Lipinski definition) is 6. The summed E-state index contributed by atoms with van der Waals surface area (Å²) in [6.45, 7) is 3.56. The third-order valence-corrected chi connectivity index (χ3v) is 4.96. The van der Waals surface area contributed by atoms with Gasteiger partial charge in [0, 0.05) is 23.8 Å². The Hall–Kier alpha value is -2.03. The van der Waals surface area contributed by atoms with Crippen molar-refractivity contribution in [1.29, 1.82) is 0 Å².